The average molecular weight is 329 g/mol. The van der Waals surface area contributed by atoms with E-state index in [2.05, 4.69) is 4.90 Å². The highest BCUT2D eigenvalue weighted by molar-refractivity contribution is 7.89. The first kappa shape index (κ1) is 17.3. The molecule has 1 aromatic carbocycles. The Labute approximate surface area is 131 Å². The Morgan fingerprint density at radius 3 is 2.36 bits per heavy atom. The van der Waals surface area contributed by atoms with E-state index in [9.17, 15) is 12.8 Å². The lowest BCUT2D eigenvalue weighted by molar-refractivity contribution is 0.235. The van der Waals surface area contributed by atoms with Crippen molar-refractivity contribution in [2.24, 2.45) is 5.73 Å². The molecule has 0 radical (unpaired) electrons. The molecule has 7 heteroatoms. The molecule has 1 fully saturated rings. The molecule has 1 aliphatic rings. The summed E-state index contributed by atoms with van der Waals surface area (Å²) in [4.78, 5) is 2.33. The molecule has 0 bridgehead atoms. The van der Waals surface area contributed by atoms with Crippen LogP contribution in [-0.2, 0) is 10.0 Å². The van der Waals surface area contributed by atoms with Gasteiger partial charge in [0.05, 0.1) is 4.90 Å². The van der Waals surface area contributed by atoms with E-state index >= 15 is 0 Å². The minimum Gasteiger partial charge on any atom is -0.324 e. The van der Waals surface area contributed by atoms with Gasteiger partial charge in [0.25, 0.3) is 0 Å². The number of rotatable bonds is 4. The first-order chi connectivity index (χ1) is 10.2. The van der Waals surface area contributed by atoms with Crippen molar-refractivity contribution in [1.82, 2.24) is 9.21 Å². The van der Waals surface area contributed by atoms with E-state index < -0.39 is 15.8 Å². The molecular formula is C15H24FN3O2S. The highest BCUT2D eigenvalue weighted by atomic mass is 32.2. The average Bonchev–Trinajstić information content (AvgIpc) is 2.63. The van der Waals surface area contributed by atoms with Crippen LogP contribution in [0.25, 0.3) is 0 Å². The van der Waals surface area contributed by atoms with E-state index in [1.807, 2.05) is 13.8 Å². The van der Waals surface area contributed by atoms with E-state index in [0.717, 1.165) is 19.5 Å². The van der Waals surface area contributed by atoms with Crippen LogP contribution in [0.2, 0.25) is 0 Å². The number of hydrogen-bond acceptors (Lipinski definition) is 4. The summed E-state index contributed by atoms with van der Waals surface area (Å²) >= 11 is 0. The first-order valence-corrected chi connectivity index (χ1v) is 8.89. The van der Waals surface area contributed by atoms with Crippen LogP contribution < -0.4 is 5.73 Å². The molecule has 1 aliphatic heterocycles. The Bertz CT molecular complexity index is 596. The number of sulfonamides is 1. The second kappa shape index (κ2) is 6.62. The van der Waals surface area contributed by atoms with Crippen molar-refractivity contribution in [2.45, 2.75) is 30.7 Å². The van der Waals surface area contributed by atoms with Crippen LogP contribution in [0.3, 0.4) is 0 Å². The Morgan fingerprint density at radius 2 is 1.77 bits per heavy atom. The summed E-state index contributed by atoms with van der Waals surface area (Å²) in [6, 6.07) is 4.98. The number of halogens is 1. The molecule has 1 aromatic rings. The van der Waals surface area contributed by atoms with Gasteiger partial charge in [-0.2, -0.15) is 4.31 Å². The Kier molecular flexibility index (Phi) is 5.21. The van der Waals surface area contributed by atoms with Crippen molar-refractivity contribution >= 4 is 10.0 Å². The third kappa shape index (κ3) is 4.49. The fraction of sp³-hybridized carbons (Fsp3) is 0.600. The lowest BCUT2D eigenvalue weighted by atomic mass is 10.1. The fourth-order valence-electron chi connectivity index (χ4n) is 2.68. The standard InChI is InChI=1S/C15H24FN3O2S/c1-15(2,17)12-18-8-3-9-19(11-10-18)22(20,21)14-6-4-13(16)5-7-14/h4-7H,3,8-12,17H2,1-2H3. The number of nitrogens with two attached hydrogens (primary N) is 1. The van der Waals surface area contributed by atoms with Gasteiger partial charge in [0.2, 0.25) is 10.0 Å². The summed E-state index contributed by atoms with van der Waals surface area (Å²) in [6.45, 7) is 7.04. The zero-order valence-electron chi connectivity index (χ0n) is 13.1. The zero-order valence-corrected chi connectivity index (χ0v) is 13.9. The summed E-state index contributed by atoms with van der Waals surface area (Å²) < 4.78 is 39.6. The highest BCUT2D eigenvalue weighted by Crippen LogP contribution is 2.18. The SMILES string of the molecule is CC(C)(N)CN1CCCN(S(=O)(=O)c2ccc(F)cc2)CC1. The molecule has 0 aromatic heterocycles. The smallest absolute Gasteiger partial charge is 0.243 e. The molecule has 0 amide bonds. The summed E-state index contributed by atoms with van der Waals surface area (Å²) in [5.41, 5.74) is 5.73. The maximum Gasteiger partial charge on any atom is 0.243 e. The second-order valence-electron chi connectivity index (χ2n) is 6.48. The van der Waals surface area contributed by atoms with Crippen LogP contribution in [0.5, 0.6) is 0 Å². The number of nitrogens with zero attached hydrogens (tertiary/aromatic N) is 2. The summed E-state index contributed by atoms with van der Waals surface area (Å²) in [5.74, 6) is -0.439. The van der Waals surface area contributed by atoms with Gasteiger partial charge >= 0.3 is 0 Å². The molecule has 0 saturated carbocycles. The van der Waals surface area contributed by atoms with E-state index in [4.69, 9.17) is 5.73 Å². The Balaban J connectivity index is 2.08. The predicted molar refractivity (Wildman–Crippen MR) is 84.5 cm³/mol. The van der Waals surface area contributed by atoms with Gasteiger partial charge in [-0.3, -0.25) is 0 Å². The molecule has 0 aliphatic carbocycles. The molecule has 5 nitrogen and oxygen atoms in total. The monoisotopic (exact) mass is 329 g/mol. The summed E-state index contributed by atoms with van der Waals surface area (Å²) in [6.07, 6.45) is 0.760. The van der Waals surface area contributed by atoms with Gasteiger partial charge in [-0.05, 0) is 51.1 Å². The Morgan fingerprint density at radius 1 is 1.14 bits per heavy atom. The minimum absolute atomic E-state index is 0.140. The molecule has 0 unspecified atom stereocenters. The predicted octanol–water partition coefficient (Wildman–Crippen LogP) is 1.26. The maximum atomic E-state index is 13.0. The van der Waals surface area contributed by atoms with Gasteiger partial charge in [-0.25, -0.2) is 12.8 Å². The van der Waals surface area contributed by atoms with Crippen LogP contribution in [0, 0.1) is 5.82 Å². The molecular weight excluding hydrogens is 305 g/mol. The van der Waals surface area contributed by atoms with Gasteiger partial charge < -0.3 is 10.6 Å². The first-order valence-electron chi connectivity index (χ1n) is 7.45. The van der Waals surface area contributed by atoms with E-state index in [0.29, 0.717) is 19.6 Å². The fourth-order valence-corrected chi connectivity index (χ4v) is 4.15. The van der Waals surface area contributed by atoms with Gasteiger partial charge in [0, 0.05) is 31.7 Å². The van der Waals surface area contributed by atoms with Gasteiger partial charge in [-0.15, -0.1) is 0 Å². The van der Waals surface area contributed by atoms with Crippen molar-refractivity contribution in [1.29, 1.82) is 0 Å². The molecule has 1 heterocycles. The van der Waals surface area contributed by atoms with Crippen LogP contribution in [0.4, 0.5) is 4.39 Å². The van der Waals surface area contributed by atoms with Gasteiger partial charge in [0.15, 0.2) is 0 Å². The van der Waals surface area contributed by atoms with Crippen molar-refractivity contribution in [3.8, 4) is 0 Å². The zero-order chi connectivity index (χ0) is 16.4. The van der Waals surface area contributed by atoms with E-state index in [-0.39, 0.29) is 10.4 Å². The maximum absolute atomic E-state index is 13.0. The molecule has 22 heavy (non-hydrogen) atoms. The third-order valence-corrected chi connectivity index (χ3v) is 5.54. The molecule has 0 atom stereocenters. The molecule has 2 rings (SSSR count). The number of benzene rings is 1. The van der Waals surface area contributed by atoms with Gasteiger partial charge in [0.1, 0.15) is 5.82 Å². The molecule has 2 N–H and O–H groups in total. The molecule has 0 spiro atoms. The Hall–Kier alpha value is -1.02. The van der Waals surface area contributed by atoms with Crippen molar-refractivity contribution in [2.75, 3.05) is 32.7 Å². The lowest BCUT2D eigenvalue weighted by Crippen LogP contribution is -2.46. The van der Waals surface area contributed by atoms with Crippen LogP contribution in [-0.4, -0.2) is 55.9 Å². The minimum atomic E-state index is -3.56. The van der Waals surface area contributed by atoms with Crippen LogP contribution >= 0.6 is 0 Å². The highest BCUT2D eigenvalue weighted by Gasteiger charge is 2.28. The summed E-state index contributed by atoms with van der Waals surface area (Å²) in [5, 5.41) is 0. The molecule has 124 valence electrons. The van der Waals surface area contributed by atoms with Crippen molar-refractivity contribution < 1.29 is 12.8 Å². The van der Waals surface area contributed by atoms with Crippen LogP contribution in [0.15, 0.2) is 29.2 Å². The van der Waals surface area contributed by atoms with E-state index in [1.165, 1.54) is 28.6 Å². The largest absolute Gasteiger partial charge is 0.324 e. The molecule has 1 saturated heterocycles. The van der Waals surface area contributed by atoms with Crippen molar-refractivity contribution in [3.63, 3.8) is 0 Å². The normalized spacial score (nSPS) is 19.1. The van der Waals surface area contributed by atoms with Crippen LogP contribution in [0.1, 0.15) is 20.3 Å². The number of hydrogen-bond donors (Lipinski definition) is 1. The third-order valence-electron chi connectivity index (χ3n) is 3.63. The lowest BCUT2D eigenvalue weighted by Gasteiger charge is -2.28. The summed E-state index contributed by atoms with van der Waals surface area (Å²) in [7, 11) is -3.56. The van der Waals surface area contributed by atoms with E-state index in [1.54, 1.807) is 0 Å². The second-order valence-corrected chi connectivity index (χ2v) is 8.41. The van der Waals surface area contributed by atoms with Crippen molar-refractivity contribution in [3.05, 3.63) is 30.1 Å². The van der Waals surface area contributed by atoms with Gasteiger partial charge in [-0.1, -0.05) is 0 Å². The quantitative estimate of drug-likeness (QED) is 0.903. The topological polar surface area (TPSA) is 66.6 Å².